The molecule has 6 heteroatoms. The summed E-state index contributed by atoms with van der Waals surface area (Å²) in [5.41, 5.74) is 0.484. The zero-order valence-electron chi connectivity index (χ0n) is 13.6. The molecule has 126 valence electrons. The molecule has 1 fully saturated rings. The van der Waals surface area contributed by atoms with Gasteiger partial charge in [0, 0.05) is 18.8 Å². The van der Waals surface area contributed by atoms with Crippen molar-refractivity contribution in [3.8, 4) is 0 Å². The SMILES string of the molecule is CCC[C@@]1(C(=O)O)CN(C(=O)Nc2ccc(C)cc2)CC[C@H]1O. The molecule has 0 spiro atoms. The van der Waals surface area contributed by atoms with Gasteiger partial charge in [-0.15, -0.1) is 0 Å². The summed E-state index contributed by atoms with van der Waals surface area (Å²) < 4.78 is 0. The van der Waals surface area contributed by atoms with Gasteiger partial charge in [0.25, 0.3) is 0 Å². The molecule has 0 aliphatic carbocycles. The van der Waals surface area contributed by atoms with Crippen LogP contribution < -0.4 is 5.32 Å². The number of piperidine rings is 1. The number of nitrogens with one attached hydrogen (secondary N) is 1. The second-order valence-electron chi connectivity index (χ2n) is 6.23. The molecule has 1 saturated heterocycles. The Bertz CT molecular complexity index is 572. The van der Waals surface area contributed by atoms with Gasteiger partial charge < -0.3 is 20.4 Å². The van der Waals surface area contributed by atoms with Gasteiger partial charge in [-0.25, -0.2) is 4.79 Å². The van der Waals surface area contributed by atoms with E-state index in [1.165, 1.54) is 4.90 Å². The van der Waals surface area contributed by atoms with Crippen LogP contribution in [0.2, 0.25) is 0 Å². The predicted octanol–water partition coefficient (Wildman–Crippen LogP) is 2.46. The molecule has 2 atom stereocenters. The highest BCUT2D eigenvalue weighted by Crippen LogP contribution is 2.35. The first kappa shape index (κ1) is 17.3. The summed E-state index contributed by atoms with van der Waals surface area (Å²) in [4.78, 5) is 25.6. The highest BCUT2D eigenvalue weighted by atomic mass is 16.4. The third kappa shape index (κ3) is 3.64. The lowest BCUT2D eigenvalue weighted by Gasteiger charge is -2.43. The van der Waals surface area contributed by atoms with Gasteiger partial charge in [-0.2, -0.15) is 0 Å². The Morgan fingerprint density at radius 2 is 2.00 bits per heavy atom. The van der Waals surface area contributed by atoms with E-state index in [2.05, 4.69) is 5.32 Å². The van der Waals surface area contributed by atoms with Crippen LogP contribution in [0.3, 0.4) is 0 Å². The fourth-order valence-corrected chi connectivity index (χ4v) is 3.10. The monoisotopic (exact) mass is 320 g/mol. The number of anilines is 1. The molecule has 0 radical (unpaired) electrons. The van der Waals surface area contributed by atoms with Gasteiger partial charge >= 0.3 is 12.0 Å². The van der Waals surface area contributed by atoms with E-state index in [1.54, 1.807) is 0 Å². The predicted molar refractivity (Wildman–Crippen MR) is 87.4 cm³/mol. The summed E-state index contributed by atoms with van der Waals surface area (Å²) in [5, 5.41) is 22.6. The maximum atomic E-state index is 12.4. The van der Waals surface area contributed by atoms with Crippen molar-refractivity contribution in [2.24, 2.45) is 5.41 Å². The van der Waals surface area contributed by atoms with Crippen LogP contribution in [0.1, 0.15) is 31.7 Å². The lowest BCUT2D eigenvalue weighted by atomic mass is 9.74. The minimum Gasteiger partial charge on any atom is -0.481 e. The third-order valence-corrected chi connectivity index (χ3v) is 4.50. The second-order valence-corrected chi connectivity index (χ2v) is 6.23. The standard InChI is InChI=1S/C17H24N2O4/c1-3-9-17(15(21)22)11-19(10-8-14(17)20)16(23)18-13-6-4-12(2)5-7-13/h4-7,14,20H,3,8-11H2,1-2H3,(H,18,23)(H,21,22)/t14-,17-/m1/s1. The number of nitrogens with zero attached hydrogens (tertiary/aromatic N) is 1. The number of aliphatic hydroxyl groups is 1. The molecule has 0 bridgehead atoms. The summed E-state index contributed by atoms with van der Waals surface area (Å²) in [5.74, 6) is -1.04. The zero-order valence-corrected chi connectivity index (χ0v) is 13.6. The van der Waals surface area contributed by atoms with E-state index < -0.39 is 17.5 Å². The molecule has 1 aromatic carbocycles. The maximum Gasteiger partial charge on any atom is 0.321 e. The van der Waals surface area contributed by atoms with Gasteiger partial charge in [0.2, 0.25) is 0 Å². The van der Waals surface area contributed by atoms with Crippen LogP contribution in [0, 0.1) is 12.3 Å². The van der Waals surface area contributed by atoms with Crippen molar-refractivity contribution in [2.75, 3.05) is 18.4 Å². The maximum absolute atomic E-state index is 12.4. The van der Waals surface area contributed by atoms with E-state index in [1.807, 2.05) is 38.1 Å². The number of benzene rings is 1. The fraction of sp³-hybridized carbons (Fsp3) is 0.529. The molecule has 6 nitrogen and oxygen atoms in total. The lowest BCUT2D eigenvalue weighted by molar-refractivity contribution is -0.162. The summed E-state index contributed by atoms with van der Waals surface area (Å²) in [7, 11) is 0. The number of hydrogen-bond acceptors (Lipinski definition) is 3. The largest absolute Gasteiger partial charge is 0.481 e. The Morgan fingerprint density at radius 1 is 1.35 bits per heavy atom. The van der Waals surface area contributed by atoms with Crippen LogP contribution >= 0.6 is 0 Å². The van der Waals surface area contributed by atoms with Crippen LogP contribution in [0.4, 0.5) is 10.5 Å². The molecule has 0 aromatic heterocycles. The first-order chi connectivity index (χ1) is 10.9. The molecule has 2 amide bonds. The summed E-state index contributed by atoms with van der Waals surface area (Å²) in [6.07, 6.45) is 0.325. The van der Waals surface area contributed by atoms with Crippen molar-refractivity contribution in [3.05, 3.63) is 29.8 Å². The normalized spacial score (nSPS) is 24.3. The van der Waals surface area contributed by atoms with Crippen LogP contribution in [0.5, 0.6) is 0 Å². The number of amides is 2. The Balaban J connectivity index is 2.11. The molecule has 1 aliphatic rings. The number of aliphatic hydroxyl groups excluding tert-OH is 1. The lowest BCUT2D eigenvalue weighted by Crippen LogP contribution is -2.57. The van der Waals surface area contributed by atoms with Gasteiger partial charge in [0.1, 0.15) is 5.41 Å². The van der Waals surface area contributed by atoms with E-state index in [9.17, 15) is 19.8 Å². The molecule has 2 rings (SSSR count). The number of likely N-dealkylation sites (tertiary alicyclic amines) is 1. The molecule has 23 heavy (non-hydrogen) atoms. The number of aliphatic carboxylic acids is 1. The summed E-state index contributed by atoms with van der Waals surface area (Å²) in [6, 6.07) is 7.08. The Labute approximate surface area is 136 Å². The molecular formula is C17H24N2O4. The number of carbonyl (C=O) groups is 2. The smallest absolute Gasteiger partial charge is 0.321 e. The van der Waals surface area contributed by atoms with E-state index in [-0.39, 0.29) is 19.0 Å². The van der Waals surface area contributed by atoms with E-state index in [0.717, 1.165) is 5.56 Å². The zero-order chi connectivity index (χ0) is 17.0. The van der Waals surface area contributed by atoms with E-state index in [0.29, 0.717) is 25.1 Å². The van der Waals surface area contributed by atoms with E-state index in [4.69, 9.17) is 0 Å². The van der Waals surface area contributed by atoms with Crippen LogP contribution in [0.25, 0.3) is 0 Å². The minimum absolute atomic E-state index is 0.0229. The van der Waals surface area contributed by atoms with Gasteiger partial charge in [-0.05, 0) is 31.9 Å². The molecule has 1 heterocycles. The molecule has 1 aliphatic heterocycles. The number of hydrogen-bond donors (Lipinski definition) is 3. The molecular weight excluding hydrogens is 296 g/mol. The highest BCUT2D eigenvalue weighted by molar-refractivity contribution is 5.90. The van der Waals surface area contributed by atoms with E-state index >= 15 is 0 Å². The van der Waals surface area contributed by atoms with Crippen molar-refractivity contribution < 1.29 is 19.8 Å². The summed E-state index contributed by atoms with van der Waals surface area (Å²) in [6.45, 7) is 4.21. The third-order valence-electron chi connectivity index (χ3n) is 4.50. The minimum atomic E-state index is -1.28. The molecule has 0 unspecified atom stereocenters. The second kappa shape index (κ2) is 7.00. The number of aryl methyl sites for hydroxylation is 1. The first-order valence-corrected chi connectivity index (χ1v) is 7.93. The van der Waals surface area contributed by atoms with Crippen LogP contribution in [-0.4, -0.2) is 46.3 Å². The van der Waals surface area contributed by atoms with Crippen molar-refractivity contribution in [1.29, 1.82) is 0 Å². The van der Waals surface area contributed by atoms with Crippen LogP contribution in [-0.2, 0) is 4.79 Å². The van der Waals surface area contributed by atoms with Crippen molar-refractivity contribution in [1.82, 2.24) is 4.90 Å². The molecule has 0 saturated carbocycles. The Hall–Kier alpha value is -2.08. The number of carboxylic acids is 1. The average molecular weight is 320 g/mol. The Morgan fingerprint density at radius 3 is 2.57 bits per heavy atom. The summed E-state index contributed by atoms with van der Waals surface area (Å²) >= 11 is 0. The molecule has 1 aromatic rings. The van der Waals surface area contributed by atoms with Gasteiger partial charge in [0.15, 0.2) is 0 Å². The van der Waals surface area contributed by atoms with Crippen molar-refractivity contribution in [2.45, 2.75) is 39.2 Å². The average Bonchev–Trinajstić information content (AvgIpc) is 2.51. The van der Waals surface area contributed by atoms with Gasteiger partial charge in [0.05, 0.1) is 6.10 Å². The Kier molecular flexibility index (Phi) is 5.26. The number of carboxylic acid groups (broad SMARTS) is 1. The molecule has 3 N–H and O–H groups in total. The fourth-order valence-electron chi connectivity index (χ4n) is 3.10. The highest BCUT2D eigenvalue weighted by Gasteiger charge is 2.49. The number of urea groups is 1. The number of carbonyl (C=O) groups excluding carboxylic acids is 1. The van der Waals surface area contributed by atoms with Gasteiger partial charge in [-0.3, -0.25) is 4.79 Å². The van der Waals surface area contributed by atoms with Crippen LogP contribution in [0.15, 0.2) is 24.3 Å². The van der Waals surface area contributed by atoms with Crippen molar-refractivity contribution in [3.63, 3.8) is 0 Å². The first-order valence-electron chi connectivity index (χ1n) is 7.93. The quantitative estimate of drug-likeness (QED) is 0.795. The topological polar surface area (TPSA) is 89.9 Å². The van der Waals surface area contributed by atoms with Crippen molar-refractivity contribution >= 4 is 17.7 Å². The van der Waals surface area contributed by atoms with Gasteiger partial charge in [-0.1, -0.05) is 31.0 Å². The number of rotatable bonds is 4.